The van der Waals surface area contributed by atoms with Crippen LogP contribution in [0.5, 0.6) is 5.75 Å². The van der Waals surface area contributed by atoms with Crippen LogP contribution in [0.15, 0.2) is 36.4 Å². The fourth-order valence-electron chi connectivity index (χ4n) is 4.32. The molecular formula is C18H20O4S. The number of ether oxygens (including phenoxy) is 1. The van der Waals surface area contributed by atoms with Gasteiger partial charge in [-0.2, -0.15) is 0 Å². The molecule has 122 valence electrons. The zero-order valence-corrected chi connectivity index (χ0v) is 13.8. The highest BCUT2D eigenvalue weighted by Crippen LogP contribution is 2.49. The van der Waals surface area contributed by atoms with Crippen LogP contribution >= 0.6 is 0 Å². The van der Waals surface area contributed by atoms with Crippen LogP contribution in [0.1, 0.15) is 31.2 Å². The smallest absolute Gasteiger partial charge is 0.156 e. The van der Waals surface area contributed by atoms with Crippen LogP contribution in [0.2, 0.25) is 0 Å². The highest BCUT2D eigenvalue weighted by Gasteiger charge is 2.53. The number of hydrogen-bond donors (Lipinski definition) is 1. The lowest BCUT2D eigenvalue weighted by molar-refractivity contribution is 0.0187. The van der Waals surface area contributed by atoms with E-state index in [1.165, 1.54) is 0 Å². The van der Waals surface area contributed by atoms with E-state index in [4.69, 9.17) is 4.74 Å². The van der Waals surface area contributed by atoms with Crippen molar-refractivity contribution in [2.75, 3.05) is 7.11 Å². The first-order chi connectivity index (χ1) is 11.0. The van der Waals surface area contributed by atoms with Gasteiger partial charge in [0.2, 0.25) is 0 Å². The van der Waals surface area contributed by atoms with Crippen LogP contribution < -0.4 is 4.74 Å². The molecule has 2 saturated heterocycles. The number of fused-ring (bicyclic) bond motifs is 3. The maximum Gasteiger partial charge on any atom is 0.156 e. The van der Waals surface area contributed by atoms with Gasteiger partial charge in [0.15, 0.2) is 9.84 Å². The van der Waals surface area contributed by atoms with Gasteiger partial charge >= 0.3 is 0 Å². The lowest BCUT2D eigenvalue weighted by Gasteiger charge is -2.37. The molecule has 2 heterocycles. The Balaban J connectivity index is 1.87. The fraction of sp³-hybridized carbons (Fsp3) is 0.444. The monoisotopic (exact) mass is 332 g/mol. The molecule has 0 aromatic heterocycles. The van der Waals surface area contributed by atoms with E-state index < -0.39 is 25.9 Å². The number of hydrogen-bond acceptors (Lipinski definition) is 4. The van der Waals surface area contributed by atoms with Crippen molar-refractivity contribution in [1.29, 1.82) is 0 Å². The third kappa shape index (κ3) is 2.10. The molecule has 0 amide bonds. The molecule has 2 aromatic rings. The van der Waals surface area contributed by atoms with Gasteiger partial charge in [0.1, 0.15) is 5.75 Å². The van der Waals surface area contributed by atoms with E-state index in [1.807, 2.05) is 36.4 Å². The SMILES string of the molecule is COc1ccc(C2(O)CC3CCC(C2)S3(=O)=O)c2ccccc12. The summed E-state index contributed by atoms with van der Waals surface area (Å²) in [6, 6.07) is 11.6. The quantitative estimate of drug-likeness (QED) is 0.918. The molecule has 2 fully saturated rings. The molecular weight excluding hydrogens is 312 g/mol. The second-order valence-electron chi connectivity index (χ2n) is 6.71. The molecule has 0 saturated carbocycles. The number of methoxy groups -OCH3 is 1. The van der Waals surface area contributed by atoms with Crippen molar-refractivity contribution in [3.8, 4) is 5.75 Å². The summed E-state index contributed by atoms with van der Waals surface area (Å²) in [6.45, 7) is 0. The molecule has 4 rings (SSSR count). The maximum absolute atomic E-state index is 12.3. The minimum atomic E-state index is -3.06. The fourth-order valence-corrected chi connectivity index (χ4v) is 6.81. The van der Waals surface area contributed by atoms with Crippen LogP contribution in [-0.4, -0.2) is 31.1 Å². The molecule has 2 atom stereocenters. The molecule has 1 N–H and O–H groups in total. The van der Waals surface area contributed by atoms with Crippen LogP contribution in [0.4, 0.5) is 0 Å². The number of benzene rings is 2. The molecule has 2 unspecified atom stereocenters. The lowest BCUT2D eigenvalue weighted by atomic mass is 9.83. The first kappa shape index (κ1) is 15.0. The van der Waals surface area contributed by atoms with E-state index in [-0.39, 0.29) is 0 Å². The van der Waals surface area contributed by atoms with Crippen molar-refractivity contribution in [2.24, 2.45) is 0 Å². The summed E-state index contributed by atoms with van der Waals surface area (Å²) in [5.41, 5.74) is -0.260. The highest BCUT2D eigenvalue weighted by atomic mass is 32.2. The second kappa shape index (κ2) is 4.95. The van der Waals surface area contributed by atoms with Crippen molar-refractivity contribution < 1.29 is 18.3 Å². The predicted octanol–water partition coefficient (Wildman–Crippen LogP) is 2.78. The zero-order valence-electron chi connectivity index (χ0n) is 13.0. The molecule has 5 heteroatoms. The van der Waals surface area contributed by atoms with Crippen LogP contribution in [0.25, 0.3) is 10.8 Å². The molecule has 0 spiro atoms. The van der Waals surface area contributed by atoms with Gasteiger partial charge < -0.3 is 9.84 Å². The van der Waals surface area contributed by atoms with Crippen molar-refractivity contribution in [2.45, 2.75) is 41.8 Å². The third-order valence-electron chi connectivity index (χ3n) is 5.48. The molecule has 4 nitrogen and oxygen atoms in total. The lowest BCUT2D eigenvalue weighted by Crippen LogP contribution is -2.43. The van der Waals surface area contributed by atoms with Crippen LogP contribution in [0.3, 0.4) is 0 Å². The van der Waals surface area contributed by atoms with Crippen LogP contribution in [-0.2, 0) is 15.4 Å². The third-order valence-corrected chi connectivity index (χ3v) is 8.14. The van der Waals surface area contributed by atoms with Gasteiger partial charge in [-0.3, -0.25) is 0 Å². The molecule has 2 aliphatic rings. The van der Waals surface area contributed by atoms with Gasteiger partial charge in [-0.1, -0.05) is 30.3 Å². The van der Waals surface area contributed by atoms with Gasteiger partial charge in [-0.15, -0.1) is 0 Å². The van der Waals surface area contributed by atoms with E-state index in [0.29, 0.717) is 25.7 Å². The highest BCUT2D eigenvalue weighted by molar-refractivity contribution is 7.93. The minimum Gasteiger partial charge on any atom is -0.496 e. The summed E-state index contributed by atoms with van der Waals surface area (Å²) in [5, 5.41) is 12.4. The normalized spacial score (nSPS) is 32.1. The van der Waals surface area contributed by atoms with Gasteiger partial charge in [0, 0.05) is 5.39 Å². The summed E-state index contributed by atoms with van der Waals surface area (Å²) < 4.78 is 30.1. The molecule has 23 heavy (non-hydrogen) atoms. The standard InChI is InChI=1S/C18H20O4S/c1-22-17-9-8-16(14-4-2-3-5-15(14)17)18(19)10-12-6-7-13(11-18)23(12,20)21/h2-5,8-9,12-13,19H,6-7,10-11H2,1H3. The minimum absolute atomic E-state index is 0.294. The molecule has 2 bridgehead atoms. The van der Waals surface area contributed by atoms with E-state index in [1.54, 1.807) is 7.11 Å². The van der Waals surface area contributed by atoms with Gasteiger partial charge in [0.05, 0.1) is 23.2 Å². The molecule has 0 aliphatic carbocycles. The second-order valence-corrected chi connectivity index (χ2v) is 9.22. The Labute approximate surface area is 136 Å². The largest absolute Gasteiger partial charge is 0.496 e. The Morgan fingerprint density at radius 1 is 1.04 bits per heavy atom. The van der Waals surface area contributed by atoms with Gasteiger partial charge in [-0.25, -0.2) is 8.42 Å². The van der Waals surface area contributed by atoms with E-state index in [9.17, 15) is 13.5 Å². The van der Waals surface area contributed by atoms with E-state index in [2.05, 4.69) is 0 Å². The summed E-state index contributed by atoms with van der Waals surface area (Å²) in [5.74, 6) is 0.763. The Kier molecular flexibility index (Phi) is 3.22. The Bertz CT molecular complexity index is 852. The number of aliphatic hydroxyl groups is 1. The summed E-state index contributed by atoms with van der Waals surface area (Å²) in [6.07, 6.45) is 1.93. The Morgan fingerprint density at radius 3 is 2.26 bits per heavy atom. The maximum atomic E-state index is 12.3. The van der Waals surface area contributed by atoms with E-state index >= 15 is 0 Å². The van der Waals surface area contributed by atoms with Gasteiger partial charge in [0.25, 0.3) is 0 Å². The van der Waals surface area contributed by atoms with Crippen molar-refractivity contribution in [3.05, 3.63) is 42.0 Å². The summed E-state index contributed by atoms with van der Waals surface area (Å²) in [4.78, 5) is 0. The van der Waals surface area contributed by atoms with Crippen molar-refractivity contribution in [1.82, 2.24) is 0 Å². The van der Waals surface area contributed by atoms with Crippen molar-refractivity contribution >= 4 is 20.6 Å². The molecule has 0 radical (unpaired) electrons. The van der Waals surface area contributed by atoms with E-state index in [0.717, 1.165) is 22.1 Å². The average molecular weight is 332 g/mol. The van der Waals surface area contributed by atoms with Crippen molar-refractivity contribution in [3.63, 3.8) is 0 Å². The topological polar surface area (TPSA) is 63.6 Å². The first-order valence-electron chi connectivity index (χ1n) is 7.97. The number of rotatable bonds is 2. The molecule has 2 aliphatic heterocycles. The summed E-state index contributed by atoms with van der Waals surface area (Å²) >= 11 is 0. The van der Waals surface area contributed by atoms with Crippen LogP contribution in [0, 0.1) is 0 Å². The Hall–Kier alpha value is -1.59. The first-order valence-corrected chi connectivity index (χ1v) is 9.58. The van der Waals surface area contributed by atoms with Gasteiger partial charge in [-0.05, 0) is 42.7 Å². The number of sulfone groups is 1. The predicted molar refractivity (Wildman–Crippen MR) is 89.4 cm³/mol. The molecule has 2 aromatic carbocycles. The summed E-state index contributed by atoms with van der Waals surface area (Å²) in [7, 11) is -1.43. The zero-order chi connectivity index (χ0) is 16.2. The Morgan fingerprint density at radius 2 is 1.65 bits per heavy atom. The average Bonchev–Trinajstić information content (AvgIpc) is 2.72.